The highest BCUT2D eigenvalue weighted by molar-refractivity contribution is 5.88. The van der Waals surface area contributed by atoms with Crippen molar-refractivity contribution in [1.82, 2.24) is 104 Å². The van der Waals surface area contributed by atoms with Crippen molar-refractivity contribution >= 4 is 89.6 Å². The molecule has 0 spiro atoms. The predicted octanol–water partition coefficient (Wildman–Crippen LogP) is 18.3. The lowest BCUT2D eigenvalue weighted by molar-refractivity contribution is 0.0601. The summed E-state index contributed by atoms with van der Waals surface area (Å²) in [6, 6.07) is 54.4. The molecule has 20 rings (SSSR count). The summed E-state index contributed by atoms with van der Waals surface area (Å²) in [4.78, 5) is 68.1. The molecule has 740 valence electrons. The highest BCUT2D eigenvalue weighted by Gasteiger charge is 2.23. The normalized spacial score (nSPS) is 11.5. The van der Waals surface area contributed by atoms with Gasteiger partial charge in [0.05, 0.1) is 212 Å². The van der Waals surface area contributed by atoms with Crippen LogP contribution in [0.2, 0.25) is 0 Å². The Labute approximate surface area is 850 Å². The zero-order valence-electron chi connectivity index (χ0n) is 83.6. The van der Waals surface area contributed by atoms with E-state index in [0.717, 1.165) is 185 Å². The van der Waals surface area contributed by atoms with Gasteiger partial charge in [0.2, 0.25) is 5.88 Å². The highest BCUT2D eigenvalue weighted by atomic mass is 16.5. The van der Waals surface area contributed by atoms with Crippen LogP contribution in [-0.2, 0) is 38.8 Å². The van der Waals surface area contributed by atoms with Gasteiger partial charge in [0.1, 0.15) is 63.2 Å². The molecule has 0 radical (unpaired) electrons. The summed E-state index contributed by atoms with van der Waals surface area (Å²) >= 11 is 0. The van der Waals surface area contributed by atoms with E-state index in [1.165, 1.54) is 0 Å². The number of methoxy groups -OCH3 is 9. The molecule has 35 nitrogen and oxygen atoms in total. The Balaban J connectivity index is 0.000000134. The van der Waals surface area contributed by atoms with Crippen LogP contribution >= 0.6 is 0 Å². The molecule has 0 N–H and O–H groups in total. The van der Waals surface area contributed by atoms with Gasteiger partial charge in [-0.15, -0.1) is 6.42 Å². The molecule has 0 atom stereocenters. The molecule has 19 aromatic rings. The van der Waals surface area contributed by atoms with Crippen LogP contribution in [0.5, 0.6) is 51.9 Å². The lowest BCUT2D eigenvalue weighted by Crippen LogP contribution is -2.20. The number of hydrogen-bond donors (Lipinski definition) is 0. The molecular weight excluding hydrogens is 1860 g/mol. The van der Waals surface area contributed by atoms with Crippen LogP contribution in [0.4, 0.5) is 45.5 Å². The van der Waals surface area contributed by atoms with Gasteiger partial charge in [-0.05, 0) is 129 Å². The molecule has 0 bridgehead atoms. The maximum absolute atomic E-state index is 5.73. The van der Waals surface area contributed by atoms with Crippen LogP contribution in [0.15, 0.2) is 269 Å². The molecule has 12 heterocycles. The Kier molecular flexibility index (Phi) is 32.4. The number of anilines is 8. The van der Waals surface area contributed by atoms with Crippen molar-refractivity contribution in [2.45, 2.75) is 39.2 Å². The van der Waals surface area contributed by atoms with E-state index in [2.05, 4.69) is 122 Å². The third-order valence-corrected chi connectivity index (χ3v) is 23.9. The zero-order valence-corrected chi connectivity index (χ0v) is 83.6. The lowest BCUT2D eigenvalue weighted by atomic mass is 10.0. The highest BCUT2D eigenvalue weighted by Crippen LogP contribution is 2.41. The molecule has 1 fully saturated rings. The third kappa shape index (κ3) is 25.4. The largest absolute Gasteiger partial charge is 0.497 e. The fourth-order valence-corrected chi connectivity index (χ4v) is 16.3. The Morgan fingerprint density at radius 2 is 0.735 bits per heavy atom. The molecule has 11 aromatic heterocycles. The van der Waals surface area contributed by atoms with E-state index in [1.807, 2.05) is 220 Å². The molecule has 1 saturated heterocycles. The second kappa shape index (κ2) is 47.7. The third-order valence-electron chi connectivity index (χ3n) is 23.9. The van der Waals surface area contributed by atoms with Gasteiger partial charge in [-0.3, -0.25) is 43.6 Å². The Bertz CT molecular complexity index is 7900. The van der Waals surface area contributed by atoms with Crippen molar-refractivity contribution < 1.29 is 47.4 Å². The van der Waals surface area contributed by atoms with E-state index >= 15 is 0 Å². The standard InChI is InChI=1S/C28H29N7O3.C28H25N7O2.C28H24N6O2.C28H29N5O3/c1-34-18-19(16-31-34)26-17-30-24-8-7-20(14-25(24)32-26)35(21-12-22(36-2)15-23(13-21)37-3)11-5-6-27-29-10-9-28(33-27)38-4;1-19-14-30-21(16-29-19)6-5-9-35(23-10-24(36-3)13-25(11-23)37-4)22-7-8-26-27(12-22)33-28(17-31-26)20-15-32-34(2)18-20;1-33-19-20(17-31-33)28-18-30-26-10-9-22(15-27(26)32-28)34(12-6-8-21-7-4-5-11-29-21)23-13-24(35-2)16-25(14-23)36-3;1-4-9-33(23-12-24(34-2)15-25(13-23)35-3)22-5-6-26-27(14-22)31-28(17-29-26)21-16-30-32(19-21)18-20-7-10-36-11-8-20/h7-10,12-18H,5-6,11H2,1-4H3;7-8,10-18H,9H2,1-4H3;4-5,7,9-11,13-19H,12H2,1-3H3;1,5-6,12-17,19-20H,7-11,18H2,2-3H3. The van der Waals surface area contributed by atoms with Crippen molar-refractivity contribution in [2.24, 2.45) is 27.1 Å². The average Bonchev–Trinajstić information content (AvgIpc) is 1.76. The summed E-state index contributed by atoms with van der Waals surface area (Å²) in [7, 11) is 20.3. The average molecular weight is 1960 g/mol. The molecule has 147 heavy (non-hydrogen) atoms. The molecule has 0 saturated carbocycles. The fraction of sp³-hybridized carbons (Fsp3) is 0.223. The van der Waals surface area contributed by atoms with Crippen molar-refractivity contribution in [1.29, 1.82) is 0 Å². The molecule has 0 aliphatic carbocycles. The zero-order chi connectivity index (χ0) is 102. The van der Waals surface area contributed by atoms with Crippen LogP contribution in [-0.4, -0.2) is 207 Å². The summed E-state index contributed by atoms with van der Waals surface area (Å²) in [6.07, 6.45) is 38.3. The molecule has 35 heteroatoms. The van der Waals surface area contributed by atoms with Gasteiger partial charge in [-0.2, -0.15) is 25.4 Å². The number of ether oxygens (including phenoxy) is 10. The van der Waals surface area contributed by atoms with E-state index in [9.17, 15) is 0 Å². The van der Waals surface area contributed by atoms with Crippen LogP contribution in [0.25, 0.3) is 89.2 Å². The Hall–Kier alpha value is -18.7. The van der Waals surface area contributed by atoms with Crippen molar-refractivity contribution in [3.05, 3.63) is 292 Å². The van der Waals surface area contributed by atoms with Gasteiger partial charge in [-0.1, -0.05) is 23.8 Å². The second-order valence-electron chi connectivity index (χ2n) is 33.8. The topological polar surface area (TPSA) is 344 Å². The van der Waals surface area contributed by atoms with Gasteiger partial charge in [0.15, 0.2) is 0 Å². The van der Waals surface area contributed by atoms with Crippen molar-refractivity contribution in [3.63, 3.8) is 0 Å². The molecule has 8 aromatic carbocycles. The number of pyridine rings is 1. The predicted molar refractivity (Wildman–Crippen MR) is 566 cm³/mol. The summed E-state index contributed by atoms with van der Waals surface area (Å²) in [5, 5.41) is 17.3. The molecular formula is C112H107N25O10. The minimum atomic E-state index is 0.369. The van der Waals surface area contributed by atoms with E-state index in [-0.39, 0.29) is 0 Å². The quantitative estimate of drug-likeness (QED) is 0.0377. The SMILES string of the molecule is C#CCN(c1cc(OC)cc(OC)c1)c1ccc2ncc(-c3cnn(CC4CCOCC4)c3)nc2c1.COc1cc(OC)cc(N(CC#Cc2ccccn2)c2ccc3ncc(-c4cnn(C)c4)nc3c2)c1.COc1cc(OC)cc(N(CC#Cc2cnc(C)cn2)c2ccc3ncc(-c4cnn(C)c4)nc3c2)c1.COc1cc(OC)cc(N(CCCc2nccc(OC)n2)c2ccc3ncc(-c4cnn(C)c4)nc3c2)c1. The molecule has 1 aliphatic heterocycles. The van der Waals surface area contributed by atoms with Gasteiger partial charge in [-0.25, -0.2) is 34.9 Å². The maximum Gasteiger partial charge on any atom is 0.216 e. The van der Waals surface area contributed by atoms with Crippen molar-refractivity contribution in [2.75, 3.05) is 123 Å². The number of hydrogen-bond acceptors (Lipinski definition) is 31. The van der Waals surface area contributed by atoms with Crippen LogP contribution < -0.4 is 62.2 Å². The summed E-state index contributed by atoms with van der Waals surface area (Å²) in [5.74, 6) is 22.9. The number of aryl methyl sites for hydroxylation is 5. The van der Waals surface area contributed by atoms with E-state index < -0.39 is 0 Å². The number of fused-ring (bicyclic) bond motifs is 4. The van der Waals surface area contributed by atoms with Crippen LogP contribution in [0, 0.1) is 48.9 Å². The van der Waals surface area contributed by atoms with Crippen LogP contribution in [0.3, 0.4) is 0 Å². The molecule has 0 amide bonds. The monoisotopic (exact) mass is 1960 g/mol. The summed E-state index contributed by atoms with van der Waals surface area (Å²) < 4.78 is 62.0. The summed E-state index contributed by atoms with van der Waals surface area (Å²) in [6.45, 7) is 6.30. The first-order chi connectivity index (χ1) is 71.9. The lowest BCUT2D eigenvalue weighted by Gasteiger charge is -2.26. The number of benzene rings is 8. The van der Waals surface area contributed by atoms with Gasteiger partial charge in [0.25, 0.3) is 0 Å². The Morgan fingerprint density at radius 3 is 1.10 bits per heavy atom. The molecule has 0 unspecified atom stereocenters. The van der Waals surface area contributed by atoms with Gasteiger partial charge in [0, 0.05) is 244 Å². The van der Waals surface area contributed by atoms with E-state index in [4.69, 9.17) is 73.7 Å². The van der Waals surface area contributed by atoms with E-state index in [0.29, 0.717) is 102 Å². The first kappa shape index (κ1) is 99.9. The number of nitrogens with zero attached hydrogens (tertiary/aromatic N) is 25. The minimum Gasteiger partial charge on any atom is -0.497 e. The number of rotatable bonds is 30. The maximum atomic E-state index is 5.73. The van der Waals surface area contributed by atoms with Crippen molar-refractivity contribution in [3.8, 4) is 133 Å². The second-order valence-corrected chi connectivity index (χ2v) is 33.8. The summed E-state index contributed by atoms with van der Waals surface area (Å²) in [5.41, 5.74) is 22.4. The smallest absolute Gasteiger partial charge is 0.216 e. The van der Waals surface area contributed by atoms with Gasteiger partial charge < -0.3 is 67.0 Å². The first-order valence-electron chi connectivity index (χ1n) is 47.0. The first-order valence-corrected chi connectivity index (χ1v) is 47.0. The minimum absolute atomic E-state index is 0.369. The number of terminal acetylenes is 1. The number of aromatic nitrogens is 21. The fourth-order valence-electron chi connectivity index (χ4n) is 16.3. The Morgan fingerprint density at radius 1 is 0.347 bits per heavy atom. The van der Waals surface area contributed by atoms with E-state index in [1.54, 1.807) is 152 Å². The van der Waals surface area contributed by atoms with Gasteiger partial charge >= 0.3 is 0 Å². The molecule has 1 aliphatic rings. The van der Waals surface area contributed by atoms with Crippen LogP contribution in [0.1, 0.15) is 42.2 Å².